The van der Waals surface area contributed by atoms with E-state index in [4.69, 9.17) is 14.2 Å². The maximum Gasteiger partial charge on any atom is 0.186 e. The van der Waals surface area contributed by atoms with E-state index in [9.17, 15) is 14.4 Å². The molecule has 1 spiro atoms. The summed E-state index contributed by atoms with van der Waals surface area (Å²) < 4.78 is 16.6. The molecule has 3 atom stereocenters. The van der Waals surface area contributed by atoms with Gasteiger partial charge in [0.15, 0.2) is 28.8 Å². The Kier molecular flexibility index (Phi) is 6.20. The fourth-order valence-electron chi connectivity index (χ4n) is 7.28. The topological polar surface area (TPSA) is 82.1 Å². The lowest BCUT2D eigenvalue weighted by Crippen LogP contribution is -2.48. The molecular weight excluding hydrogens is 542 g/mol. The number of carbonyl (C=O) groups is 3. The number of carbonyl (C=O) groups excluding carboxylic acids is 3. The van der Waals surface area contributed by atoms with Crippen molar-refractivity contribution in [1.29, 1.82) is 0 Å². The molecule has 1 saturated heterocycles. The summed E-state index contributed by atoms with van der Waals surface area (Å²) in [6, 6.07) is 25.4. The lowest BCUT2D eigenvalue weighted by atomic mass is 9.64. The van der Waals surface area contributed by atoms with Gasteiger partial charge >= 0.3 is 0 Å². The minimum Gasteiger partial charge on any atom is -0.497 e. The molecule has 0 aromatic heterocycles. The lowest BCUT2D eigenvalue weighted by molar-refractivity contribution is 0.0665. The van der Waals surface area contributed by atoms with Crippen LogP contribution in [0.5, 0.6) is 17.2 Å². The van der Waals surface area contributed by atoms with Crippen molar-refractivity contribution in [2.24, 2.45) is 5.41 Å². The van der Waals surface area contributed by atoms with Crippen LogP contribution in [0.25, 0.3) is 6.08 Å². The average molecular weight is 572 g/mol. The predicted molar refractivity (Wildman–Crippen MR) is 163 cm³/mol. The standard InChI is InChI=1S/C36H29NO6/c1-41-24-11-8-10-23(19-24)33(38)32-31(22-15-17-28(42-2)29(20-22)43-3)36(34(39)25-12-5-6-13-26(25)35(36)40)30-18-16-21-9-4-7-14-27(21)37(30)32/h4-20,30-32H,1-3H3/t30-,31-,32-/m1/s1. The van der Waals surface area contributed by atoms with Gasteiger partial charge in [0.1, 0.15) is 17.2 Å². The van der Waals surface area contributed by atoms with E-state index in [1.165, 1.54) is 7.11 Å². The van der Waals surface area contributed by atoms with Gasteiger partial charge < -0.3 is 19.1 Å². The molecule has 0 saturated carbocycles. The zero-order chi connectivity index (χ0) is 29.9. The number of anilines is 1. The number of ether oxygens (including phenoxy) is 3. The molecule has 4 aromatic carbocycles. The van der Waals surface area contributed by atoms with Crippen LogP contribution in [0.2, 0.25) is 0 Å². The normalized spacial score (nSPS) is 20.9. The maximum absolute atomic E-state index is 14.9. The van der Waals surface area contributed by atoms with E-state index in [1.807, 2.05) is 47.4 Å². The second-order valence-corrected chi connectivity index (χ2v) is 11.0. The highest BCUT2D eigenvalue weighted by Crippen LogP contribution is 2.61. The molecule has 0 bridgehead atoms. The second-order valence-electron chi connectivity index (χ2n) is 11.0. The molecule has 0 amide bonds. The molecule has 0 N–H and O–H groups in total. The fourth-order valence-corrected chi connectivity index (χ4v) is 7.28. The van der Waals surface area contributed by atoms with Crippen molar-refractivity contribution in [3.8, 4) is 17.2 Å². The van der Waals surface area contributed by atoms with Crippen LogP contribution in [-0.2, 0) is 0 Å². The molecule has 7 heteroatoms. The number of ketones is 3. The molecule has 7 nitrogen and oxygen atoms in total. The first-order valence-electron chi connectivity index (χ1n) is 14.1. The lowest BCUT2D eigenvalue weighted by Gasteiger charge is -2.37. The predicted octanol–water partition coefficient (Wildman–Crippen LogP) is 6.03. The number of fused-ring (bicyclic) bond motifs is 5. The van der Waals surface area contributed by atoms with E-state index in [1.54, 1.807) is 74.9 Å². The zero-order valence-corrected chi connectivity index (χ0v) is 23.9. The third-order valence-corrected chi connectivity index (χ3v) is 9.10. The monoisotopic (exact) mass is 571 g/mol. The Morgan fingerprint density at radius 3 is 2.14 bits per heavy atom. The van der Waals surface area contributed by atoms with Crippen LogP contribution in [0, 0.1) is 5.41 Å². The van der Waals surface area contributed by atoms with Gasteiger partial charge in [0.25, 0.3) is 0 Å². The molecule has 43 heavy (non-hydrogen) atoms. The molecule has 4 aromatic rings. The minimum absolute atomic E-state index is 0.220. The van der Waals surface area contributed by atoms with Gasteiger partial charge in [0, 0.05) is 28.3 Å². The highest BCUT2D eigenvalue weighted by atomic mass is 16.5. The Balaban J connectivity index is 1.55. The largest absolute Gasteiger partial charge is 0.497 e. The number of benzene rings is 4. The summed E-state index contributed by atoms with van der Waals surface area (Å²) in [5.74, 6) is -0.164. The molecule has 2 heterocycles. The third kappa shape index (κ3) is 3.64. The van der Waals surface area contributed by atoms with Crippen LogP contribution in [-0.4, -0.2) is 50.8 Å². The summed E-state index contributed by atoms with van der Waals surface area (Å²) in [5, 5.41) is 0. The van der Waals surface area contributed by atoms with Crippen LogP contribution < -0.4 is 19.1 Å². The SMILES string of the molecule is COc1cccc(C(=O)[C@H]2[C@@H](c3ccc(OC)c(OC)c3)C3(C(=O)c4ccccc4C3=O)[C@H]3C=Cc4ccccc4N23)c1. The number of rotatable bonds is 6. The number of hydrogen-bond acceptors (Lipinski definition) is 7. The van der Waals surface area contributed by atoms with Gasteiger partial charge in [-0.1, -0.05) is 72.8 Å². The van der Waals surface area contributed by atoms with Crippen molar-refractivity contribution in [2.45, 2.75) is 18.0 Å². The Morgan fingerprint density at radius 2 is 1.44 bits per heavy atom. The van der Waals surface area contributed by atoms with Crippen LogP contribution in [0.1, 0.15) is 48.1 Å². The summed E-state index contributed by atoms with van der Waals surface area (Å²) in [5.41, 5.74) is 1.89. The molecule has 3 aliphatic rings. The van der Waals surface area contributed by atoms with Crippen LogP contribution in [0.4, 0.5) is 5.69 Å². The minimum atomic E-state index is -1.60. The maximum atomic E-state index is 14.9. The van der Waals surface area contributed by atoms with Crippen molar-refractivity contribution in [3.63, 3.8) is 0 Å². The summed E-state index contributed by atoms with van der Waals surface area (Å²) >= 11 is 0. The summed E-state index contributed by atoms with van der Waals surface area (Å²) in [7, 11) is 4.64. The number of nitrogens with zero attached hydrogens (tertiary/aromatic N) is 1. The van der Waals surface area contributed by atoms with Crippen molar-refractivity contribution in [2.75, 3.05) is 26.2 Å². The molecule has 2 aliphatic heterocycles. The molecular formula is C36H29NO6. The van der Waals surface area contributed by atoms with Crippen molar-refractivity contribution < 1.29 is 28.6 Å². The summed E-state index contributed by atoms with van der Waals surface area (Å²) in [6.45, 7) is 0. The Morgan fingerprint density at radius 1 is 0.744 bits per heavy atom. The van der Waals surface area contributed by atoms with Crippen molar-refractivity contribution >= 4 is 29.1 Å². The van der Waals surface area contributed by atoms with Gasteiger partial charge in [-0.3, -0.25) is 14.4 Å². The van der Waals surface area contributed by atoms with E-state index in [2.05, 4.69) is 0 Å². The summed E-state index contributed by atoms with van der Waals surface area (Å²) in [4.78, 5) is 46.4. The number of hydrogen-bond donors (Lipinski definition) is 0. The van der Waals surface area contributed by atoms with Gasteiger partial charge in [0.05, 0.1) is 27.4 Å². The second kappa shape index (κ2) is 9.98. The highest BCUT2D eigenvalue weighted by molar-refractivity contribution is 6.32. The number of Topliss-reactive ketones (excluding diaryl/α,β-unsaturated/α-hetero) is 3. The van der Waals surface area contributed by atoms with Crippen LogP contribution in [0.3, 0.4) is 0 Å². The molecule has 7 rings (SSSR count). The van der Waals surface area contributed by atoms with Gasteiger partial charge in [-0.15, -0.1) is 0 Å². The van der Waals surface area contributed by atoms with Gasteiger partial charge in [-0.25, -0.2) is 0 Å². The molecule has 0 radical (unpaired) electrons. The molecule has 214 valence electrons. The van der Waals surface area contributed by atoms with E-state index in [-0.39, 0.29) is 17.3 Å². The van der Waals surface area contributed by atoms with Gasteiger partial charge in [-0.05, 0) is 41.5 Å². The number of para-hydroxylation sites is 1. The van der Waals surface area contributed by atoms with Gasteiger partial charge in [-0.2, -0.15) is 0 Å². The van der Waals surface area contributed by atoms with Crippen LogP contribution >= 0.6 is 0 Å². The average Bonchev–Trinajstić information content (AvgIpc) is 3.50. The number of methoxy groups -OCH3 is 3. The van der Waals surface area contributed by atoms with Crippen LogP contribution in [0.15, 0.2) is 97.1 Å². The first-order valence-corrected chi connectivity index (χ1v) is 14.1. The smallest absolute Gasteiger partial charge is 0.186 e. The molecule has 0 unspecified atom stereocenters. The van der Waals surface area contributed by atoms with E-state index >= 15 is 0 Å². The fraction of sp³-hybridized carbons (Fsp3) is 0.194. The van der Waals surface area contributed by atoms with Gasteiger partial charge in [0.2, 0.25) is 0 Å². The molecule has 1 aliphatic carbocycles. The Bertz CT molecular complexity index is 1810. The van der Waals surface area contributed by atoms with E-state index in [0.717, 1.165) is 11.3 Å². The summed E-state index contributed by atoms with van der Waals surface area (Å²) in [6.07, 6.45) is 3.86. The zero-order valence-electron chi connectivity index (χ0n) is 23.9. The van der Waals surface area contributed by atoms with Crippen molar-refractivity contribution in [1.82, 2.24) is 0 Å². The Labute approximate surface area is 249 Å². The quantitative estimate of drug-likeness (QED) is 0.207. The van der Waals surface area contributed by atoms with E-state index in [0.29, 0.717) is 39.5 Å². The third-order valence-electron chi connectivity index (χ3n) is 9.10. The van der Waals surface area contributed by atoms with Crippen molar-refractivity contribution in [3.05, 3.63) is 125 Å². The first kappa shape index (κ1) is 26.7. The highest BCUT2D eigenvalue weighted by Gasteiger charge is 2.71. The first-order chi connectivity index (χ1) is 20.9. The molecule has 1 fully saturated rings. The Hall–Kier alpha value is -5.17. The van der Waals surface area contributed by atoms with E-state index < -0.39 is 23.4 Å².